The molecule has 2 atom stereocenters. The highest BCUT2D eigenvalue weighted by atomic mass is 16.5. The van der Waals surface area contributed by atoms with Gasteiger partial charge in [0.05, 0.1) is 24.5 Å². The monoisotopic (exact) mass is 556 g/mol. The molecule has 0 fully saturated rings. The number of anilines is 3. The number of hydrogen-bond donors (Lipinski definition) is 3. The summed E-state index contributed by atoms with van der Waals surface area (Å²) < 4.78 is 5.45. The number of likely N-dealkylation sites (N-methyl/N-ethyl adjacent to an activating group) is 1. The lowest BCUT2D eigenvalue weighted by Gasteiger charge is -2.27. The van der Waals surface area contributed by atoms with Crippen molar-refractivity contribution in [2.75, 3.05) is 29.1 Å². The Kier molecular flexibility index (Phi) is 7.30. The number of para-hydroxylation sites is 3. The van der Waals surface area contributed by atoms with Crippen molar-refractivity contribution in [3.05, 3.63) is 84.1 Å². The van der Waals surface area contributed by atoms with E-state index in [1.165, 1.54) is 23.8 Å². The second-order valence-electron chi connectivity index (χ2n) is 9.71. The molecule has 2 heterocycles. The summed E-state index contributed by atoms with van der Waals surface area (Å²) in [6, 6.07) is 18.2. The van der Waals surface area contributed by atoms with Gasteiger partial charge in [0.25, 0.3) is 11.8 Å². The number of amides is 4. The van der Waals surface area contributed by atoms with Gasteiger partial charge in [0.15, 0.2) is 5.58 Å². The number of nitrogens with one attached hydrogen (secondary N) is 1. The van der Waals surface area contributed by atoms with Crippen molar-refractivity contribution in [1.82, 2.24) is 15.4 Å². The number of rotatable bonds is 6. The molecule has 0 radical (unpaired) electrons. The van der Waals surface area contributed by atoms with E-state index < -0.39 is 35.9 Å². The molecule has 4 N–H and O–H groups in total. The Morgan fingerprint density at radius 1 is 1.07 bits per heavy atom. The van der Waals surface area contributed by atoms with Crippen LogP contribution in [0.1, 0.15) is 23.0 Å². The second-order valence-corrected chi connectivity index (χ2v) is 9.71. The molecule has 5 rings (SSSR count). The number of aromatic nitrogens is 1. The van der Waals surface area contributed by atoms with Crippen molar-refractivity contribution in [2.45, 2.75) is 25.6 Å². The van der Waals surface area contributed by atoms with E-state index in [0.717, 1.165) is 4.90 Å². The lowest BCUT2D eigenvalue weighted by molar-refractivity contribution is -0.129. The lowest BCUT2D eigenvalue weighted by Crippen LogP contribution is -2.56. The molecular formula is C29H28N6O6. The van der Waals surface area contributed by atoms with Gasteiger partial charge in [-0.1, -0.05) is 29.4 Å². The Hall–Kier alpha value is -5.39. The number of benzene rings is 3. The smallest absolute Gasteiger partial charge is 0.407 e. The van der Waals surface area contributed by atoms with E-state index in [-0.39, 0.29) is 13.1 Å². The largest absolute Gasteiger partial charge is 0.465 e. The number of hydrogen-bond acceptors (Lipinski definition) is 7. The maximum Gasteiger partial charge on any atom is 0.407 e. The first-order chi connectivity index (χ1) is 19.7. The minimum atomic E-state index is -1.30. The highest BCUT2D eigenvalue weighted by Crippen LogP contribution is 2.35. The van der Waals surface area contributed by atoms with Crippen molar-refractivity contribution in [2.24, 2.45) is 0 Å². The summed E-state index contributed by atoms with van der Waals surface area (Å²) in [6.07, 6.45) is -1.30. The second kappa shape index (κ2) is 11.0. The Balaban J connectivity index is 1.58. The zero-order chi connectivity index (χ0) is 29.3. The summed E-state index contributed by atoms with van der Waals surface area (Å²) in [5.41, 5.74) is 8.56. The molecule has 4 aromatic rings. The highest BCUT2D eigenvalue weighted by Gasteiger charge is 2.38. The van der Waals surface area contributed by atoms with Crippen molar-refractivity contribution in [3.8, 4) is 0 Å². The molecule has 0 saturated heterocycles. The summed E-state index contributed by atoms with van der Waals surface area (Å²) >= 11 is 0. The zero-order valence-electron chi connectivity index (χ0n) is 22.4. The molecule has 41 heavy (non-hydrogen) atoms. The lowest BCUT2D eigenvalue weighted by atomic mass is 10.1. The first kappa shape index (κ1) is 27.2. The first-order valence-corrected chi connectivity index (χ1v) is 12.8. The van der Waals surface area contributed by atoms with Crippen LogP contribution in [0.5, 0.6) is 0 Å². The molecule has 1 aromatic heterocycles. The van der Waals surface area contributed by atoms with Crippen LogP contribution in [0.25, 0.3) is 11.0 Å². The molecule has 12 nitrogen and oxygen atoms in total. The fraction of sp³-hybridized carbons (Fsp3) is 0.207. The molecule has 3 aromatic carbocycles. The number of nitrogen functional groups attached to an aromatic ring is 1. The molecule has 0 aliphatic carbocycles. The average molecular weight is 557 g/mol. The number of fused-ring (bicyclic) bond motifs is 2. The van der Waals surface area contributed by atoms with Crippen LogP contribution in [0.4, 0.5) is 21.9 Å². The van der Waals surface area contributed by atoms with Gasteiger partial charge >= 0.3 is 6.09 Å². The molecule has 4 amide bonds. The third kappa shape index (κ3) is 5.26. The van der Waals surface area contributed by atoms with E-state index in [0.29, 0.717) is 39.3 Å². The molecule has 0 bridgehead atoms. The SMILES string of the molecule is C[C@@H](C(=O)N[C@H]1CN(C(=O)c2ccc(N)cc2)c2ccccc2N(Cc2noc3ccccc23)C1=O)N(C)C(=O)O. The Morgan fingerprint density at radius 2 is 1.73 bits per heavy atom. The minimum Gasteiger partial charge on any atom is -0.465 e. The summed E-state index contributed by atoms with van der Waals surface area (Å²) in [5, 5.41) is 16.9. The zero-order valence-corrected chi connectivity index (χ0v) is 22.4. The van der Waals surface area contributed by atoms with E-state index in [1.54, 1.807) is 54.6 Å². The van der Waals surface area contributed by atoms with Gasteiger partial charge in [-0.25, -0.2) is 4.79 Å². The maximum atomic E-state index is 14.2. The highest BCUT2D eigenvalue weighted by molar-refractivity contribution is 6.13. The van der Waals surface area contributed by atoms with Gasteiger partial charge in [-0.15, -0.1) is 0 Å². The van der Waals surface area contributed by atoms with Gasteiger partial charge in [0.2, 0.25) is 5.91 Å². The molecule has 210 valence electrons. The van der Waals surface area contributed by atoms with Crippen molar-refractivity contribution in [1.29, 1.82) is 0 Å². The number of carbonyl (C=O) groups is 4. The van der Waals surface area contributed by atoms with Crippen LogP contribution < -0.4 is 20.9 Å². The van der Waals surface area contributed by atoms with Crippen molar-refractivity contribution >= 4 is 51.8 Å². The van der Waals surface area contributed by atoms with E-state index in [2.05, 4.69) is 10.5 Å². The van der Waals surface area contributed by atoms with Gasteiger partial charge in [-0.3, -0.25) is 19.3 Å². The van der Waals surface area contributed by atoms with E-state index in [9.17, 15) is 24.3 Å². The number of nitrogens with two attached hydrogens (primary N) is 1. The Bertz CT molecular complexity index is 1630. The third-order valence-electron chi connectivity index (χ3n) is 7.13. The van der Waals surface area contributed by atoms with Crippen LogP contribution in [-0.4, -0.2) is 64.7 Å². The van der Waals surface area contributed by atoms with E-state index >= 15 is 0 Å². The van der Waals surface area contributed by atoms with Gasteiger partial charge in [0.1, 0.15) is 17.8 Å². The van der Waals surface area contributed by atoms with Crippen LogP contribution in [0.3, 0.4) is 0 Å². The van der Waals surface area contributed by atoms with Gasteiger partial charge in [0, 0.05) is 23.7 Å². The van der Waals surface area contributed by atoms with Crippen LogP contribution in [0.15, 0.2) is 77.3 Å². The van der Waals surface area contributed by atoms with Gasteiger partial charge in [-0.05, 0) is 55.5 Å². The molecule has 0 spiro atoms. The number of carboxylic acid groups (broad SMARTS) is 1. The molecule has 1 aliphatic heterocycles. The topological polar surface area (TPSA) is 162 Å². The number of carbonyl (C=O) groups excluding carboxylic acids is 3. The molecular weight excluding hydrogens is 528 g/mol. The van der Waals surface area contributed by atoms with Crippen LogP contribution >= 0.6 is 0 Å². The Labute approximate surface area is 234 Å². The minimum absolute atomic E-state index is 0.00624. The predicted octanol–water partition coefficient (Wildman–Crippen LogP) is 3.09. The average Bonchev–Trinajstić information content (AvgIpc) is 3.35. The van der Waals surface area contributed by atoms with Gasteiger partial charge < -0.3 is 30.5 Å². The fourth-order valence-corrected chi connectivity index (χ4v) is 4.67. The molecule has 0 unspecified atom stereocenters. The maximum absolute atomic E-state index is 14.2. The molecule has 1 aliphatic rings. The van der Waals surface area contributed by atoms with E-state index in [1.807, 2.05) is 18.2 Å². The number of nitrogens with zero attached hydrogens (tertiary/aromatic N) is 4. The van der Waals surface area contributed by atoms with Gasteiger partial charge in [-0.2, -0.15) is 0 Å². The summed E-state index contributed by atoms with van der Waals surface area (Å²) in [4.78, 5) is 56.3. The van der Waals surface area contributed by atoms with Crippen LogP contribution in [0, 0.1) is 0 Å². The normalized spacial score (nSPS) is 15.7. The fourth-order valence-electron chi connectivity index (χ4n) is 4.67. The Morgan fingerprint density at radius 3 is 2.44 bits per heavy atom. The molecule has 12 heteroatoms. The quantitative estimate of drug-likeness (QED) is 0.305. The standard InChI is InChI=1S/C29H28N6O6/c1-17(33(2)29(39)40)26(36)31-22-16-34(27(37)18-11-13-19(30)14-12-18)23-8-4-5-9-24(23)35(28(22)38)15-21-20-7-3-6-10-25(20)41-32-21/h3-14,17,22H,15-16,30H2,1-2H3,(H,31,36)(H,39,40)/t17-,22-/m0/s1. The summed E-state index contributed by atoms with van der Waals surface area (Å²) in [5.74, 6) is -1.60. The third-order valence-corrected chi connectivity index (χ3v) is 7.13. The predicted molar refractivity (Wildman–Crippen MR) is 151 cm³/mol. The summed E-state index contributed by atoms with van der Waals surface area (Å²) in [7, 11) is 1.26. The van der Waals surface area contributed by atoms with Crippen LogP contribution in [0.2, 0.25) is 0 Å². The van der Waals surface area contributed by atoms with Crippen molar-refractivity contribution in [3.63, 3.8) is 0 Å². The summed E-state index contributed by atoms with van der Waals surface area (Å²) in [6.45, 7) is 1.20. The van der Waals surface area contributed by atoms with E-state index in [4.69, 9.17) is 10.3 Å². The van der Waals surface area contributed by atoms with Crippen molar-refractivity contribution < 1.29 is 28.8 Å². The first-order valence-electron chi connectivity index (χ1n) is 12.8. The molecule has 0 saturated carbocycles. The van der Waals surface area contributed by atoms with Crippen LogP contribution in [-0.2, 0) is 16.1 Å².